The number of hydrogen-bond acceptors (Lipinski definition) is 3. The lowest BCUT2D eigenvalue weighted by atomic mass is 10.1. The number of methoxy groups -OCH3 is 1. The van der Waals surface area contributed by atoms with Crippen LogP contribution < -0.4 is 0 Å². The van der Waals surface area contributed by atoms with E-state index < -0.39 is 0 Å². The molecule has 3 nitrogen and oxygen atoms in total. The minimum Gasteiger partial charge on any atom is -0.469 e. The van der Waals surface area contributed by atoms with Crippen molar-refractivity contribution in [2.24, 2.45) is 0 Å². The predicted molar refractivity (Wildman–Crippen MR) is 56.2 cm³/mol. The molecule has 0 amide bonds. The molecular formula is C11H22O3. The van der Waals surface area contributed by atoms with E-state index >= 15 is 0 Å². The minimum atomic E-state index is -0.118. The molecule has 0 heterocycles. The van der Waals surface area contributed by atoms with Gasteiger partial charge in [-0.25, -0.2) is 0 Å². The summed E-state index contributed by atoms with van der Waals surface area (Å²) in [6.45, 7) is 5.01. The van der Waals surface area contributed by atoms with Crippen molar-refractivity contribution in [2.75, 3.05) is 13.7 Å². The van der Waals surface area contributed by atoms with Crippen LogP contribution in [0.3, 0.4) is 0 Å². The summed E-state index contributed by atoms with van der Waals surface area (Å²) in [5.74, 6) is -0.118. The summed E-state index contributed by atoms with van der Waals surface area (Å²) in [7, 11) is 1.43. The van der Waals surface area contributed by atoms with Crippen LogP contribution in [0, 0.1) is 0 Å². The Morgan fingerprint density at radius 3 is 2.64 bits per heavy atom. The Balaban J connectivity index is 3.22. The predicted octanol–water partition coefficient (Wildman–Crippen LogP) is 2.53. The Labute approximate surface area is 86.8 Å². The topological polar surface area (TPSA) is 35.5 Å². The molecule has 0 fully saturated rings. The van der Waals surface area contributed by atoms with Crippen molar-refractivity contribution in [3.8, 4) is 0 Å². The third kappa shape index (κ3) is 8.05. The van der Waals surface area contributed by atoms with Crippen molar-refractivity contribution >= 4 is 5.97 Å². The lowest BCUT2D eigenvalue weighted by Crippen LogP contribution is -2.09. The van der Waals surface area contributed by atoms with Gasteiger partial charge in [-0.3, -0.25) is 4.79 Å². The van der Waals surface area contributed by atoms with Gasteiger partial charge >= 0.3 is 5.97 Å². The molecule has 1 unspecified atom stereocenters. The van der Waals surface area contributed by atoms with Crippen LogP contribution in [0.4, 0.5) is 0 Å². The van der Waals surface area contributed by atoms with Gasteiger partial charge in [0.15, 0.2) is 0 Å². The highest BCUT2D eigenvalue weighted by Crippen LogP contribution is 2.07. The molecule has 0 aliphatic heterocycles. The molecule has 0 spiro atoms. The van der Waals surface area contributed by atoms with Crippen molar-refractivity contribution in [1.29, 1.82) is 0 Å². The number of carbonyl (C=O) groups is 1. The Bertz CT molecular complexity index is 145. The van der Waals surface area contributed by atoms with E-state index in [-0.39, 0.29) is 5.97 Å². The fraction of sp³-hybridized carbons (Fsp3) is 0.909. The van der Waals surface area contributed by atoms with Gasteiger partial charge < -0.3 is 9.47 Å². The summed E-state index contributed by atoms with van der Waals surface area (Å²) in [5.41, 5.74) is 0. The van der Waals surface area contributed by atoms with E-state index in [1.165, 1.54) is 7.11 Å². The van der Waals surface area contributed by atoms with Crippen LogP contribution in [-0.2, 0) is 14.3 Å². The third-order valence-corrected chi connectivity index (χ3v) is 2.08. The summed E-state index contributed by atoms with van der Waals surface area (Å²) in [4.78, 5) is 10.8. The van der Waals surface area contributed by atoms with Crippen LogP contribution in [0.2, 0.25) is 0 Å². The number of carbonyl (C=O) groups excluding carboxylic acids is 1. The number of esters is 1. The first-order valence-corrected chi connectivity index (χ1v) is 5.39. The number of ether oxygens (including phenoxy) is 2. The van der Waals surface area contributed by atoms with Crippen molar-refractivity contribution in [1.82, 2.24) is 0 Å². The maximum atomic E-state index is 10.8. The first kappa shape index (κ1) is 13.4. The molecule has 0 aliphatic carbocycles. The molecule has 0 aromatic carbocycles. The van der Waals surface area contributed by atoms with Gasteiger partial charge in [0.2, 0.25) is 0 Å². The van der Waals surface area contributed by atoms with E-state index in [1.807, 2.05) is 0 Å². The van der Waals surface area contributed by atoms with Crippen LogP contribution in [0.15, 0.2) is 0 Å². The molecule has 3 heteroatoms. The quantitative estimate of drug-likeness (QED) is 0.448. The van der Waals surface area contributed by atoms with Crippen molar-refractivity contribution in [2.45, 2.75) is 52.1 Å². The highest BCUT2D eigenvalue weighted by Gasteiger charge is 2.03. The van der Waals surface area contributed by atoms with Crippen molar-refractivity contribution < 1.29 is 14.3 Å². The standard InChI is InChI=1S/C11H22O3/c1-4-9-14-10(2)7-5-6-8-11(12)13-3/h10H,4-9H2,1-3H3. The molecule has 1 atom stereocenters. The molecule has 0 aliphatic rings. The Kier molecular flexibility index (Phi) is 8.64. The van der Waals surface area contributed by atoms with Crippen LogP contribution in [0.1, 0.15) is 46.0 Å². The maximum absolute atomic E-state index is 10.8. The van der Waals surface area contributed by atoms with Gasteiger partial charge in [-0.2, -0.15) is 0 Å². The van der Waals surface area contributed by atoms with E-state index in [0.29, 0.717) is 12.5 Å². The van der Waals surface area contributed by atoms with E-state index in [1.54, 1.807) is 0 Å². The first-order chi connectivity index (χ1) is 6.70. The summed E-state index contributed by atoms with van der Waals surface area (Å²) >= 11 is 0. The van der Waals surface area contributed by atoms with Gasteiger partial charge in [-0.15, -0.1) is 0 Å². The van der Waals surface area contributed by atoms with Gasteiger partial charge in [-0.05, 0) is 26.2 Å². The third-order valence-electron chi connectivity index (χ3n) is 2.08. The molecule has 0 N–H and O–H groups in total. The molecular weight excluding hydrogens is 180 g/mol. The molecule has 0 saturated heterocycles. The van der Waals surface area contributed by atoms with E-state index in [9.17, 15) is 4.79 Å². The minimum absolute atomic E-state index is 0.118. The highest BCUT2D eigenvalue weighted by atomic mass is 16.5. The number of rotatable bonds is 8. The second kappa shape index (κ2) is 9.00. The fourth-order valence-electron chi connectivity index (χ4n) is 1.21. The largest absolute Gasteiger partial charge is 0.469 e. The Hall–Kier alpha value is -0.570. The Morgan fingerprint density at radius 1 is 1.36 bits per heavy atom. The van der Waals surface area contributed by atoms with Gasteiger partial charge in [0.25, 0.3) is 0 Å². The molecule has 84 valence electrons. The van der Waals surface area contributed by atoms with Crippen LogP contribution in [0.25, 0.3) is 0 Å². The zero-order chi connectivity index (χ0) is 10.8. The van der Waals surface area contributed by atoms with E-state index in [0.717, 1.165) is 32.3 Å². The maximum Gasteiger partial charge on any atom is 0.305 e. The molecule has 14 heavy (non-hydrogen) atoms. The zero-order valence-corrected chi connectivity index (χ0v) is 9.54. The SMILES string of the molecule is CCCOC(C)CCCCC(=O)OC. The monoisotopic (exact) mass is 202 g/mol. The molecule has 0 saturated carbocycles. The van der Waals surface area contributed by atoms with Gasteiger partial charge in [-0.1, -0.05) is 13.3 Å². The number of unbranched alkanes of at least 4 members (excludes halogenated alkanes) is 1. The second-order valence-electron chi connectivity index (χ2n) is 3.50. The van der Waals surface area contributed by atoms with Crippen LogP contribution in [-0.4, -0.2) is 25.8 Å². The summed E-state index contributed by atoms with van der Waals surface area (Å²) in [6, 6.07) is 0. The smallest absolute Gasteiger partial charge is 0.305 e. The van der Waals surface area contributed by atoms with Gasteiger partial charge in [0.1, 0.15) is 0 Å². The summed E-state index contributed by atoms with van der Waals surface area (Å²) in [5, 5.41) is 0. The molecule has 0 radical (unpaired) electrons. The Morgan fingerprint density at radius 2 is 2.07 bits per heavy atom. The fourth-order valence-corrected chi connectivity index (χ4v) is 1.21. The van der Waals surface area contributed by atoms with E-state index in [4.69, 9.17) is 4.74 Å². The number of hydrogen-bond donors (Lipinski definition) is 0. The van der Waals surface area contributed by atoms with Crippen LogP contribution >= 0.6 is 0 Å². The van der Waals surface area contributed by atoms with Crippen molar-refractivity contribution in [3.63, 3.8) is 0 Å². The molecule has 0 aromatic heterocycles. The molecule has 0 aromatic rings. The molecule has 0 bridgehead atoms. The average Bonchev–Trinajstić information content (AvgIpc) is 2.21. The summed E-state index contributed by atoms with van der Waals surface area (Å²) in [6.07, 6.45) is 4.85. The average molecular weight is 202 g/mol. The van der Waals surface area contributed by atoms with Crippen molar-refractivity contribution in [3.05, 3.63) is 0 Å². The normalized spacial score (nSPS) is 12.5. The first-order valence-electron chi connectivity index (χ1n) is 5.39. The lowest BCUT2D eigenvalue weighted by Gasteiger charge is -2.11. The second-order valence-corrected chi connectivity index (χ2v) is 3.50. The zero-order valence-electron chi connectivity index (χ0n) is 9.54. The van der Waals surface area contributed by atoms with E-state index in [2.05, 4.69) is 18.6 Å². The van der Waals surface area contributed by atoms with Crippen LogP contribution in [0.5, 0.6) is 0 Å². The van der Waals surface area contributed by atoms with Gasteiger partial charge in [0.05, 0.1) is 13.2 Å². The summed E-state index contributed by atoms with van der Waals surface area (Å²) < 4.78 is 10.1. The van der Waals surface area contributed by atoms with Gasteiger partial charge in [0, 0.05) is 13.0 Å². The lowest BCUT2D eigenvalue weighted by molar-refractivity contribution is -0.140. The highest BCUT2D eigenvalue weighted by molar-refractivity contribution is 5.68. The molecule has 0 rings (SSSR count).